The molecule has 0 radical (unpaired) electrons. The molecule has 2 nitrogen and oxygen atoms in total. The molecule has 2 heteroatoms. The first kappa shape index (κ1) is 14.0. The van der Waals surface area contributed by atoms with Gasteiger partial charge in [0, 0.05) is 5.92 Å². The zero-order valence-corrected chi connectivity index (χ0v) is 11.7. The van der Waals surface area contributed by atoms with Crippen LogP contribution in [0.1, 0.15) is 46.1 Å². The fraction of sp³-hybridized carbons (Fsp3) is 0.600. The highest BCUT2D eigenvalue weighted by atomic mass is 16.5. The van der Waals surface area contributed by atoms with Gasteiger partial charge in [0.2, 0.25) is 0 Å². The van der Waals surface area contributed by atoms with Crippen molar-refractivity contribution in [1.29, 1.82) is 0 Å². The molecule has 1 rings (SSSR count). The predicted molar refractivity (Wildman–Crippen MR) is 73.5 cm³/mol. The molecule has 1 aromatic carbocycles. The smallest absolute Gasteiger partial charge is 0.119 e. The van der Waals surface area contributed by atoms with E-state index in [4.69, 9.17) is 10.5 Å². The zero-order valence-electron chi connectivity index (χ0n) is 11.7. The first-order chi connectivity index (χ1) is 7.84. The van der Waals surface area contributed by atoms with Crippen molar-refractivity contribution >= 4 is 0 Å². The molecule has 0 amide bonds. The number of hydrogen-bond acceptors (Lipinski definition) is 2. The van der Waals surface area contributed by atoms with Crippen LogP contribution >= 0.6 is 0 Å². The van der Waals surface area contributed by atoms with Gasteiger partial charge in [-0.3, -0.25) is 0 Å². The monoisotopic (exact) mass is 235 g/mol. The van der Waals surface area contributed by atoms with Crippen molar-refractivity contribution in [3.05, 3.63) is 29.8 Å². The fourth-order valence-electron chi connectivity index (χ4n) is 2.04. The molecule has 0 spiro atoms. The van der Waals surface area contributed by atoms with Gasteiger partial charge >= 0.3 is 0 Å². The average Bonchev–Trinajstić information content (AvgIpc) is 2.18. The van der Waals surface area contributed by atoms with Gasteiger partial charge in [-0.2, -0.15) is 0 Å². The van der Waals surface area contributed by atoms with Crippen molar-refractivity contribution < 1.29 is 4.74 Å². The summed E-state index contributed by atoms with van der Waals surface area (Å²) in [5, 5.41) is 0. The van der Waals surface area contributed by atoms with Gasteiger partial charge in [0.15, 0.2) is 0 Å². The van der Waals surface area contributed by atoms with Crippen LogP contribution in [-0.2, 0) is 0 Å². The van der Waals surface area contributed by atoms with E-state index in [-0.39, 0.29) is 11.5 Å². The summed E-state index contributed by atoms with van der Waals surface area (Å²) < 4.78 is 5.64. The number of ether oxygens (including phenoxy) is 1. The summed E-state index contributed by atoms with van der Waals surface area (Å²) in [6, 6.07) is 8.31. The van der Waals surface area contributed by atoms with E-state index in [1.54, 1.807) is 0 Å². The lowest BCUT2D eigenvalue weighted by Gasteiger charge is -2.30. The maximum atomic E-state index is 5.88. The molecule has 0 aliphatic rings. The lowest BCUT2D eigenvalue weighted by molar-refractivity contribution is 0.242. The van der Waals surface area contributed by atoms with Crippen LogP contribution in [0.5, 0.6) is 5.75 Å². The SMILES string of the molecule is CC(C)Oc1ccc(C(CN)C(C)(C)C)cc1. The molecule has 0 heterocycles. The lowest BCUT2D eigenvalue weighted by atomic mass is 9.76. The van der Waals surface area contributed by atoms with Crippen molar-refractivity contribution in [2.24, 2.45) is 11.1 Å². The Morgan fingerprint density at radius 2 is 1.65 bits per heavy atom. The number of nitrogens with two attached hydrogens (primary N) is 1. The molecule has 0 aromatic heterocycles. The quantitative estimate of drug-likeness (QED) is 0.866. The molecule has 17 heavy (non-hydrogen) atoms. The van der Waals surface area contributed by atoms with Crippen LogP contribution in [0.2, 0.25) is 0 Å². The van der Waals surface area contributed by atoms with E-state index in [0.717, 1.165) is 5.75 Å². The number of hydrogen-bond donors (Lipinski definition) is 1. The molecule has 0 fully saturated rings. The van der Waals surface area contributed by atoms with Gasteiger partial charge in [0.05, 0.1) is 6.10 Å². The Kier molecular flexibility index (Phi) is 4.58. The standard InChI is InChI=1S/C15H25NO/c1-11(2)17-13-8-6-12(7-9-13)14(10-16)15(3,4)5/h6-9,11,14H,10,16H2,1-5H3. The van der Waals surface area contributed by atoms with Gasteiger partial charge in [0.25, 0.3) is 0 Å². The van der Waals surface area contributed by atoms with E-state index in [2.05, 4.69) is 32.9 Å². The Labute approximate surface area is 105 Å². The molecule has 0 saturated heterocycles. The summed E-state index contributed by atoms with van der Waals surface area (Å²) in [7, 11) is 0. The summed E-state index contributed by atoms with van der Waals surface area (Å²) in [5.74, 6) is 1.31. The van der Waals surface area contributed by atoms with Gasteiger partial charge in [-0.25, -0.2) is 0 Å². The van der Waals surface area contributed by atoms with E-state index in [9.17, 15) is 0 Å². The summed E-state index contributed by atoms with van der Waals surface area (Å²) in [6.07, 6.45) is 0.216. The van der Waals surface area contributed by atoms with E-state index in [1.807, 2.05) is 26.0 Å². The molecular formula is C15H25NO. The molecule has 0 aliphatic heterocycles. The third-order valence-corrected chi connectivity index (χ3v) is 2.94. The van der Waals surface area contributed by atoms with E-state index in [0.29, 0.717) is 12.5 Å². The number of rotatable bonds is 4. The Morgan fingerprint density at radius 3 is 2.00 bits per heavy atom. The molecule has 2 N–H and O–H groups in total. The van der Waals surface area contributed by atoms with Crippen LogP contribution in [-0.4, -0.2) is 12.6 Å². The minimum absolute atomic E-state index is 0.190. The topological polar surface area (TPSA) is 35.2 Å². The third-order valence-electron chi connectivity index (χ3n) is 2.94. The lowest BCUT2D eigenvalue weighted by Crippen LogP contribution is -2.25. The normalized spacial score (nSPS) is 13.8. The van der Waals surface area contributed by atoms with E-state index < -0.39 is 0 Å². The Bertz CT molecular complexity index is 335. The van der Waals surface area contributed by atoms with Crippen LogP contribution in [0.25, 0.3) is 0 Å². The van der Waals surface area contributed by atoms with Crippen LogP contribution in [0.3, 0.4) is 0 Å². The summed E-state index contributed by atoms with van der Waals surface area (Å²) in [5.41, 5.74) is 7.36. The Hall–Kier alpha value is -1.02. The highest BCUT2D eigenvalue weighted by molar-refractivity contribution is 5.30. The Balaban J connectivity index is 2.86. The van der Waals surface area contributed by atoms with Gasteiger partial charge in [0.1, 0.15) is 5.75 Å². The van der Waals surface area contributed by atoms with Gasteiger partial charge in [-0.05, 0) is 43.5 Å². The molecular weight excluding hydrogens is 210 g/mol. The van der Waals surface area contributed by atoms with Crippen LogP contribution < -0.4 is 10.5 Å². The van der Waals surface area contributed by atoms with Crippen molar-refractivity contribution in [2.45, 2.75) is 46.6 Å². The second-order valence-electron chi connectivity index (χ2n) is 5.89. The largest absolute Gasteiger partial charge is 0.491 e. The first-order valence-corrected chi connectivity index (χ1v) is 6.31. The fourth-order valence-corrected chi connectivity index (χ4v) is 2.04. The van der Waals surface area contributed by atoms with Crippen LogP contribution in [0.4, 0.5) is 0 Å². The summed E-state index contributed by atoms with van der Waals surface area (Å²) >= 11 is 0. The molecule has 1 atom stereocenters. The minimum atomic E-state index is 0.190. The van der Waals surface area contributed by atoms with E-state index >= 15 is 0 Å². The van der Waals surface area contributed by atoms with Crippen molar-refractivity contribution in [1.82, 2.24) is 0 Å². The van der Waals surface area contributed by atoms with E-state index in [1.165, 1.54) is 5.56 Å². The molecule has 0 aliphatic carbocycles. The highest BCUT2D eigenvalue weighted by Crippen LogP contribution is 2.34. The predicted octanol–water partition coefficient (Wildman–Crippen LogP) is 3.56. The zero-order chi connectivity index (χ0) is 13.1. The maximum absolute atomic E-state index is 5.88. The summed E-state index contributed by atoms with van der Waals surface area (Å²) in [4.78, 5) is 0. The number of benzene rings is 1. The second kappa shape index (κ2) is 5.54. The third kappa shape index (κ3) is 4.04. The molecule has 1 aromatic rings. The highest BCUT2D eigenvalue weighted by Gasteiger charge is 2.24. The van der Waals surface area contributed by atoms with Crippen molar-refractivity contribution in [2.75, 3.05) is 6.54 Å². The molecule has 0 bridgehead atoms. The van der Waals surface area contributed by atoms with Gasteiger partial charge < -0.3 is 10.5 Å². The molecule has 0 saturated carbocycles. The van der Waals surface area contributed by atoms with Crippen LogP contribution in [0, 0.1) is 5.41 Å². The average molecular weight is 235 g/mol. The van der Waals surface area contributed by atoms with Crippen molar-refractivity contribution in [3.63, 3.8) is 0 Å². The van der Waals surface area contributed by atoms with Gasteiger partial charge in [-0.15, -0.1) is 0 Å². The second-order valence-corrected chi connectivity index (χ2v) is 5.89. The molecule has 1 unspecified atom stereocenters. The van der Waals surface area contributed by atoms with Crippen molar-refractivity contribution in [3.8, 4) is 5.75 Å². The first-order valence-electron chi connectivity index (χ1n) is 6.31. The van der Waals surface area contributed by atoms with Crippen LogP contribution in [0.15, 0.2) is 24.3 Å². The summed E-state index contributed by atoms with van der Waals surface area (Å²) in [6.45, 7) is 11.4. The maximum Gasteiger partial charge on any atom is 0.119 e. The Morgan fingerprint density at radius 1 is 1.12 bits per heavy atom. The molecule has 96 valence electrons. The minimum Gasteiger partial charge on any atom is -0.491 e. The van der Waals surface area contributed by atoms with Gasteiger partial charge in [-0.1, -0.05) is 32.9 Å².